The van der Waals surface area contributed by atoms with Crippen molar-refractivity contribution in [3.05, 3.63) is 64.0 Å². The zero-order chi connectivity index (χ0) is 19.9. The molecule has 0 radical (unpaired) electrons. The summed E-state index contributed by atoms with van der Waals surface area (Å²) in [5, 5.41) is 14.0. The standard InChI is InChI=1S/C23H27FN2O2/c1-15-7-16-9-17(8-15)14-23(2,13-16)18-3-5-20(6-4-18)25-21-10-19(24)11-22(12-21)26(27)28/h3-6,10-12,15-17,25H,7-9,13-14H2,1-2H3. The van der Waals surface area contributed by atoms with Crippen LogP contribution in [0.2, 0.25) is 0 Å². The topological polar surface area (TPSA) is 55.2 Å². The van der Waals surface area contributed by atoms with E-state index >= 15 is 0 Å². The second-order valence-corrected chi connectivity index (χ2v) is 9.17. The first-order valence-electron chi connectivity index (χ1n) is 10.1. The second kappa shape index (κ2) is 7.19. The summed E-state index contributed by atoms with van der Waals surface area (Å²) in [5.74, 6) is 1.90. The third-order valence-corrected chi connectivity index (χ3v) is 6.58. The highest BCUT2D eigenvalue weighted by Gasteiger charge is 2.41. The van der Waals surface area contributed by atoms with E-state index in [1.54, 1.807) is 0 Å². The van der Waals surface area contributed by atoms with Gasteiger partial charge in [-0.3, -0.25) is 10.1 Å². The maximum atomic E-state index is 13.6. The summed E-state index contributed by atoms with van der Waals surface area (Å²) >= 11 is 0. The maximum absolute atomic E-state index is 13.6. The van der Waals surface area contributed by atoms with Gasteiger partial charge in [0, 0.05) is 17.4 Å². The first-order valence-corrected chi connectivity index (χ1v) is 10.1. The van der Waals surface area contributed by atoms with Gasteiger partial charge in [-0.15, -0.1) is 0 Å². The van der Waals surface area contributed by atoms with Crippen LogP contribution in [-0.4, -0.2) is 4.92 Å². The van der Waals surface area contributed by atoms with E-state index in [-0.39, 0.29) is 11.1 Å². The van der Waals surface area contributed by atoms with Crippen LogP contribution in [0.3, 0.4) is 0 Å². The quantitative estimate of drug-likeness (QED) is 0.480. The fourth-order valence-corrected chi connectivity index (χ4v) is 5.70. The summed E-state index contributed by atoms with van der Waals surface area (Å²) in [6, 6.07) is 11.8. The molecule has 4 nitrogen and oxygen atoms in total. The summed E-state index contributed by atoms with van der Waals surface area (Å²) in [4.78, 5) is 10.3. The normalized spacial score (nSPS) is 29.3. The van der Waals surface area contributed by atoms with Crippen molar-refractivity contribution in [1.29, 1.82) is 0 Å². The number of nitro groups is 1. The molecule has 2 bridgehead atoms. The molecule has 4 rings (SSSR count). The molecule has 148 valence electrons. The zero-order valence-electron chi connectivity index (χ0n) is 16.5. The molecule has 2 aliphatic rings. The zero-order valence-corrected chi connectivity index (χ0v) is 16.5. The average Bonchev–Trinajstić information content (AvgIpc) is 2.60. The number of nitrogens with zero attached hydrogens (tertiary/aromatic N) is 1. The van der Waals surface area contributed by atoms with Gasteiger partial charge in [-0.25, -0.2) is 4.39 Å². The van der Waals surface area contributed by atoms with Gasteiger partial charge in [0.1, 0.15) is 5.82 Å². The van der Waals surface area contributed by atoms with Crippen LogP contribution in [0.15, 0.2) is 42.5 Å². The van der Waals surface area contributed by atoms with E-state index < -0.39 is 10.7 Å². The van der Waals surface area contributed by atoms with Gasteiger partial charge in [-0.1, -0.05) is 26.0 Å². The van der Waals surface area contributed by atoms with E-state index in [0.717, 1.165) is 29.5 Å². The molecule has 0 saturated heterocycles. The van der Waals surface area contributed by atoms with Crippen LogP contribution in [0, 0.1) is 33.7 Å². The van der Waals surface area contributed by atoms with E-state index in [1.165, 1.54) is 49.8 Å². The molecule has 0 aliphatic heterocycles. The van der Waals surface area contributed by atoms with E-state index in [1.807, 2.05) is 12.1 Å². The summed E-state index contributed by atoms with van der Waals surface area (Å²) in [6.07, 6.45) is 6.58. The van der Waals surface area contributed by atoms with E-state index in [2.05, 4.69) is 31.3 Å². The Labute approximate surface area is 165 Å². The average molecular weight is 382 g/mol. The highest BCUT2D eigenvalue weighted by Crippen LogP contribution is 2.51. The molecular formula is C23H27FN2O2. The Morgan fingerprint density at radius 3 is 2.29 bits per heavy atom. The molecule has 2 aromatic rings. The molecule has 2 unspecified atom stereocenters. The summed E-state index contributed by atoms with van der Waals surface area (Å²) in [7, 11) is 0. The van der Waals surface area contributed by atoms with E-state index in [0.29, 0.717) is 5.69 Å². The molecule has 1 N–H and O–H groups in total. The number of hydrogen-bond acceptors (Lipinski definition) is 3. The number of halogens is 1. The predicted octanol–water partition coefficient (Wildman–Crippen LogP) is 6.58. The number of non-ortho nitro benzene ring substituents is 1. The highest BCUT2D eigenvalue weighted by atomic mass is 19.1. The molecule has 28 heavy (non-hydrogen) atoms. The molecule has 0 amide bonds. The van der Waals surface area contributed by atoms with Gasteiger partial charge >= 0.3 is 0 Å². The first-order chi connectivity index (χ1) is 13.3. The lowest BCUT2D eigenvalue weighted by molar-refractivity contribution is -0.385. The van der Waals surface area contributed by atoms with Gasteiger partial charge < -0.3 is 5.32 Å². The van der Waals surface area contributed by atoms with Crippen LogP contribution in [0.25, 0.3) is 0 Å². The Bertz CT molecular complexity index is 863. The van der Waals surface area contributed by atoms with Crippen molar-refractivity contribution in [1.82, 2.24) is 0 Å². The SMILES string of the molecule is CC1CC2CC(C1)CC(C)(c1ccc(Nc3cc(F)cc([N+](=O)[O-])c3)cc1)C2. The molecule has 2 fully saturated rings. The molecule has 2 saturated carbocycles. The molecule has 0 spiro atoms. The monoisotopic (exact) mass is 382 g/mol. The van der Waals surface area contributed by atoms with Crippen LogP contribution in [0.1, 0.15) is 51.5 Å². The Morgan fingerprint density at radius 1 is 1.04 bits per heavy atom. The maximum Gasteiger partial charge on any atom is 0.274 e. The number of anilines is 2. The third-order valence-electron chi connectivity index (χ3n) is 6.58. The second-order valence-electron chi connectivity index (χ2n) is 9.17. The van der Waals surface area contributed by atoms with Gasteiger partial charge in [0.25, 0.3) is 5.69 Å². The Balaban J connectivity index is 1.51. The summed E-state index contributed by atoms with van der Waals surface area (Å²) in [5.41, 5.74) is 2.50. The lowest BCUT2D eigenvalue weighted by Gasteiger charge is -2.47. The number of rotatable bonds is 4. The molecule has 5 heteroatoms. The van der Waals surface area contributed by atoms with E-state index in [4.69, 9.17) is 0 Å². The van der Waals surface area contributed by atoms with Crippen molar-refractivity contribution in [3.63, 3.8) is 0 Å². The van der Waals surface area contributed by atoms with Gasteiger partial charge in [-0.05, 0) is 79.0 Å². The van der Waals surface area contributed by atoms with Gasteiger partial charge in [0.15, 0.2) is 0 Å². The molecule has 0 heterocycles. The predicted molar refractivity (Wildman–Crippen MR) is 109 cm³/mol. The Morgan fingerprint density at radius 2 is 1.68 bits per heavy atom. The van der Waals surface area contributed by atoms with Gasteiger partial charge in [0.05, 0.1) is 11.0 Å². The minimum Gasteiger partial charge on any atom is -0.355 e. The lowest BCUT2D eigenvalue weighted by Crippen LogP contribution is -2.38. The van der Waals surface area contributed by atoms with Crippen molar-refractivity contribution in [2.45, 2.75) is 51.4 Å². The minimum absolute atomic E-state index is 0.212. The summed E-state index contributed by atoms with van der Waals surface area (Å²) < 4.78 is 13.6. The highest BCUT2D eigenvalue weighted by molar-refractivity contribution is 5.62. The molecule has 2 atom stereocenters. The van der Waals surface area contributed by atoms with E-state index in [9.17, 15) is 14.5 Å². The smallest absolute Gasteiger partial charge is 0.274 e. The Hall–Kier alpha value is -2.43. The number of nitro benzene ring substituents is 1. The number of benzene rings is 2. The van der Waals surface area contributed by atoms with Crippen molar-refractivity contribution in [2.75, 3.05) is 5.32 Å². The summed E-state index contributed by atoms with van der Waals surface area (Å²) in [6.45, 7) is 4.78. The van der Waals surface area contributed by atoms with Crippen molar-refractivity contribution < 1.29 is 9.31 Å². The number of fused-ring (bicyclic) bond motifs is 2. The Kier molecular flexibility index (Phi) is 4.86. The molecule has 2 aromatic carbocycles. The minimum atomic E-state index is -0.621. The van der Waals surface area contributed by atoms with Crippen molar-refractivity contribution >= 4 is 17.1 Å². The molecule has 2 aliphatic carbocycles. The molecule has 0 aromatic heterocycles. The van der Waals surface area contributed by atoms with Crippen molar-refractivity contribution in [3.8, 4) is 0 Å². The number of nitrogens with one attached hydrogen (secondary N) is 1. The largest absolute Gasteiger partial charge is 0.355 e. The van der Waals surface area contributed by atoms with Crippen LogP contribution < -0.4 is 5.32 Å². The van der Waals surface area contributed by atoms with Crippen molar-refractivity contribution in [2.24, 2.45) is 17.8 Å². The fourth-order valence-electron chi connectivity index (χ4n) is 5.70. The molecular weight excluding hydrogens is 355 g/mol. The lowest BCUT2D eigenvalue weighted by atomic mass is 9.57. The van der Waals surface area contributed by atoms with Gasteiger partial charge in [-0.2, -0.15) is 0 Å². The van der Waals surface area contributed by atoms with Crippen LogP contribution >= 0.6 is 0 Å². The third kappa shape index (κ3) is 3.89. The fraction of sp³-hybridized carbons (Fsp3) is 0.478. The number of hydrogen-bond donors (Lipinski definition) is 1. The first kappa shape index (κ1) is 18.9. The van der Waals surface area contributed by atoms with Gasteiger partial charge in [0.2, 0.25) is 0 Å². The van der Waals surface area contributed by atoms with Crippen LogP contribution in [-0.2, 0) is 5.41 Å². The van der Waals surface area contributed by atoms with Crippen LogP contribution in [0.4, 0.5) is 21.5 Å². The van der Waals surface area contributed by atoms with Crippen LogP contribution in [0.5, 0.6) is 0 Å².